The third-order valence-corrected chi connectivity index (χ3v) is 5.94. The van der Waals surface area contributed by atoms with Crippen LogP contribution < -0.4 is 10.1 Å². The van der Waals surface area contributed by atoms with Gasteiger partial charge in [-0.3, -0.25) is 4.79 Å². The van der Waals surface area contributed by atoms with Crippen LogP contribution in [0.2, 0.25) is 0 Å². The standard InChI is InChI=1S/C29H22FNO2/c1-33-28-15-14-21(17-27(28)30)19-10-12-20(13-11-19)29(32)31-18-26-24-8-4-2-6-22(24)16-23-7-3-5-9-25(23)26/h2-17H,18H2,1H3,(H,31,32). The molecule has 162 valence electrons. The van der Waals surface area contributed by atoms with E-state index in [1.54, 1.807) is 24.3 Å². The Labute approximate surface area is 191 Å². The van der Waals surface area contributed by atoms with Gasteiger partial charge < -0.3 is 10.1 Å². The molecule has 0 atom stereocenters. The molecule has 1 amide bonds. The highest BCUT2D eigenvalue weighted by molar-refractivity contribution is 6.03. The number of halogens is 1. The highest BCUT2D eigenvalue weighted by Gasteiger charge is 2.11. The number of hydrogen-bond acceptors (Lipinski definition) is 2. The topological polar surface area (TPSA) is 38.3 Å². The first-order valence-electron chi connectivity index (χ1n) is 10.8. The van der Waals surface area contributed by atoms with Crippen LogP contribution in [0.25, 0.3) is 32.7 Å². The van der Waals surface area contributed by atoms with Gasteiger partial charge in [-0.2, -0.15) is 0 Å². The van der Waals surface area contributed by atoms with Crippen LogP contribution in [-0.2, 0) is 6.54 Å². The fraction of sp³-hybridized carbons (Fsp3) is 0.0690. The number of rotatable bonds is 5. The van der Waals surface area contributed by atoms with Crippen molar-refractivity contribution in [1.29, 1.82) is 0 Å². The third-order valence-electron chi connectivity index (χ3n) is 5.94. The van der Waals surface area contributed by atoms with Gasteiger partial charge in [-0.05, 0) is 68.6 Å². The van der Waals surface area contributed by atoms with Crippen molar-refractivity contribution in [2.45, 2.75) is 6.54 Å². The average molecular weight is 435 g/mol. The average Bonchev–Trinajstić information content (AvgIpc) is 2.86. The Morgan fingerprint density at radius 2 is 1.39 bits per heavy atom. The number of carbonyl (C=O) groups is 1. The van der Waals surface area contributed by atoms with Gasteiger partial charge in [-0.25, -0.2) is 4.39 Å². The number of methoxy groups -OCH3 is 1. The number of amides is 1. The molecule has 3 nitrogen and oxygen atoms in total. The van der Waals surface area contributed by atoms with E-state index in [4.69, 9.17) is 4.74 Å². The fourth-order valence-electron chi connectivity index (χ4n) is 4.23. The highest BCUT2D eigenvalue weighted by Crippen LogP contribution is 2.29. The van der Waals surface area contributed by atoms with Crippen molar-refractivity contribution in [2.75, 3.05) is 7.11 Å². The van der Waals surface area contributed by atoms with Gasteiger partial charge in [-0.1, -0.05) is 66.7 Å². The molecule has 0 saturated carbocycles. The van der Waals surface area contributed by atoms with Gasteiger partial charge in [0.15, 0.2) is 11.6 Å². The van der Waals surface area contributed by atoms with Crippen LogP contribution in [-0.4, -0.2) is 13.0 Å². The van der Waals surface area contributed by atoms with Gasteiger partial charge in [0.05, 0.1) is 7.11 Å². The Morgan fingerprint density at radius 1 is 0.788 bits per heavy atom. The van der Waals surface area contributed by atoms with Gasteiger partial charge in [0, 0.05) is 12.1 Å². The normalized spacial score (nSPS) is 11.0. The molecule has 0 aliphatic carbocycles. The van der Waals surface area contributed by atoms with E-state index >= 15 is 0 Å². The highest BCUT2D eigenvalue weighted by atomic mass is 19.1. The first-order chi connectivity index (χ1) is 16.1. The van der Waals surface area contributed by atoms with Crippen LogP contribution in [0.4, 0.5) is 4.39 Å². The van der Waals surface area contributed by atoms with Crippen LogP contribution in [0.1, 0.15) is 15.9 Å². The summed E-state index contributed by atoms with van der Waals surface area (Å²) in [6, 6.07) is 30.6. The molecule has 0 aromatic heterocycles. The zero-order valence-electron chi connectivity index (χ0n) is 18.1. The molecule has 0 heterocycles. The maximum atomic E-state index is 14.0. The van der Waals surface area contributed by atoms with Gasteiger partial charge in [0.25, 0.3) is 5.91 Å². The second-order valence-corrected chi connectivity index (χ2v) is 7.91. The van der Waals surface area contributed by atoms with Crippen LogP contribution in [0.5, 0.6) is 5.75 Å². The summed E-state index contributed by atoms with van der Waals surface area (Å²) in [5.41, 5.74) is 3.20. The molecule has 0 saturated heterocycles. The molecule has 5 rings (SSSR count). The van der Waals surface area contributed by atoms with Crippen molar-refractivity contribution >= 4 is 27.5 Å². The minimum absolute atomic E-state index is 0.153. The minimum Gasteiger partial charge on any atom is -0.494 e. The molecular formula is C29H22FNO2. The maximum Gasteiger partial charge on any atom is 0.251 e. The van der Waals surface area contributed by atoms with Crippen LogP contribution in [0, 0.1) is 5.82 Å². The number of benzene rings is 5. The van der Waals surface area contributed by atoms with E-state index in [-0.39, 0.29) is 11.7 Å². The van der Waals surface area contributed by atoms with Gasteiger partial charge in [-0.15, -0.1) is 0 Å². The van der Waals surface area contributed by atoms with E-state index < -0.39 is 5.82 Å². The van der Waals surface area contributed by atoms with Crippen molar-refractivity contribution in [2.24, 2.45) is 0 Å². The lowest BCUT2D eigenvalue weighted by Crippen LogP contribution is -2.23. The lowest BCUT2D eigenvalue weighted by Gasteiger charge is -2.13. The molecular weight excluding hydrogens is 413 g/mol. The summed E-state index contributed by atoms with van der Waals surface area (Å²) in [5, 5.41) is 7.63. The number of ether oxygens (including phenoxy) is 1. The number of nitrogens with one attached hydrogen (secondary N) is 1. The largest absolute Gasteiger partial charge is 0.494 e. The van der Waals surface area contributed by atoms with Gasteiger partial charge in [0.1, 0.15) is 0 Å². The predicted octanol–water partition coefficient (Wildman–Crippen LogP) is 6.74. The first kappa shape index (κ1) is 20.7. The van der Waals surface area contributed by atoms with Crippen molar-refractivity contribution in [3.63, 3.8) is 0 Å². The van der Waals surface area contributed by atoms with E-state index in [0.29, 0.717) is 12.1 Å². The summed E-state index contributed by atoms with van der Waals surface area (Å²) in [5.74, 6) is -0.366. The van der Waals surface area contributed by atoms with Crippen LogP contribution in [0.15, 0.2) is 97.1 Å². The number of carbonyl (C=O) groups excluding carboxylic acids is 1. The smallest absolute Gasteiger partial charge is 0.251 e. The van der Waals surface area contributed by atoms with Crippen molar-refractivity contribution in [3.05, 3.63) is 114 Å². The zero-order chi connectivity index (χ0) is 22.8. The summed E-state index contributed by atoms with van der Waals surface area (Å²) >= 11 is 0. The molecule has 0 spiro atoms. The lowest BCUT2D eigenvalue weighted by molar-refractivity contribution is 0.0951. The Kier molecular flexibility index (Phi) is 5.49. The summed E-state index contributed by atoms with van der Waals surface area (Å²) < 4.78 is 19.0. The molecule has 0 bridgehead atoms. The summed E-state index contributed by atoms with van der Waals surface area (Å²) in [6.07, 6.45) is 0. The molecule has 0 unspecified atom stereocenters. The Balaban J connectivity index is 1.38. The SMILES string of the molecule is COc1ccc(-c2ccc(C(=O)NCc3c4ccccc4cc4ccccc34)cc2)cc1F. The molecule has 5 aromatic carbocycles. The summed E-state index contributed by atoms with van der Waals surface area (Å²) in [7, 11) is 1.44. The Bertz CT molecular complexity index is 1420. The molecule has 4 heteroatoms. The van der Waals surface area contributed by atoms with Crippen molar-refractivity contribution < 1.29 is 13.9 Å². The van der Waals surface area contributed by atoms with Crippen molar-refractivity contribution in [1.82, 2.24) is 5.32 Å². The second kappa shape index (κ2) is 8.75. The van der Waals surface area contributed by atoms with Crippen molar-refractivity contribution in [3.8, 4) is 16.9 Å². The third kappa shape index (κ3) is 4.03. The molecule has 0 aliphatic heterocycles. The number of hydrogen-bond donors (Lipinski definition) is 1. The fourth-order valence-corrected chi connectivity index (χ4v) is 4.23. The summed E-state index contributed by atoms with van der Waals surface area (Å²) in [4.78, 5) is 12.9. The van der Waals surface area contributed by atoms with E-state index in [1.807, 2.05) is 36.4 Å². The maximum absolute atomic E-state index is 14.0. The van der Waals surface area contributed by atoms with Crippen LogP contribution in [0.3, 0.4) is 0 Å². The van der Waals surface area contributed by atoms with E-state index in [0.717, 1.165) is 38.2 Å². The monoisotopic (exact) mass is 435 g/mol. The molecule has 0 radical (unpaired) electrons. The molecule has 33 heavy (non-hydrogen) atoms. The molecule has 0 fully saturated rings. The predicted molar refractivity (Wildman–Crippen MR) is 131 cm³/mol. The van der Waals surface area contributed by atoms with Crippen LogP contribution >= 0.6 is 0 Å². The first-order valence-corrected chi connectivity index (χ1v) is 10.8. The Morgan fingerprint density at radius 3 is 2.00 bits per heavy atom. The quantitative estimate of drug-likeness (QED) is 0.311. The zero-order valence-corrected chi connectivity index (χ0v) is 18.1. The molecule has 0 aliphatic rings. The van der Waals surface area contributed by atoms with E-state index in [9.17, 15) is 9.18 Å². The molecule has 1 N–H and O–H groups in total. The van der Waals surface area contributed by atoms with Gasteiger partial charge in [0.2, 0.25) is 0 Å². The van der Waals surface area contributed by atoms with E-state index in [1.165, 1.54) is 13.2 Å². The summed E-state index contributed by atoms with van der Waals surface area (Å²) in [6.45, 7) is 0.423. The minimum atomic E-state index is -0.417. The Hall–Kier alpha value is -4.18. The van der Waals surface area contributed by atoms with E-state index in [2.05, 4.69) is 35.6 Å². The number of fused-ring (bicyclic) bond motifs is 2. The molecule has 5 aromatic rings. The second-order valence-electron chi connectivity index (χ2n) is 7.91. The van der Waals surface area contributed by atoms with Gasteiger partial charge >= 0.3 is 0 Å². The lowest BCUT2D eigenvalue weighted by atomic mass is 9.96.